The number of rotatable bonds is 8. The van der Waals surface area contributed by atoms with Gasteiger partial charge in [0, 0.05) is 13.6 Å². The molecule has 0 unspecified atom stereocenters. The minimum Gasteiger partial charge on any atom is -0.373 e. The lowest BCUT2D eigenvalue weighted by atomic mass is 10.3. The summed E-state index contributed by atoms with van der Waals surface area (Å²) in [5.74, 6) is 0.247. The van der Waals surface area contributed by atoms with Gasteiger partial charge in [-0.2, -0.15) is 0 Å². The van der Waals surface area contributed by atoms with Crippen LogP contribution in [0.1, 0.15) is 19.8 Å². The van der Waals surface area contributed by atoms with E-state index < -0.39 is 10.8 Å². The molecule has 3 N–H and O–H groups in total. The molecule has 1 aromatic rings. The molecule has 110 valence electrons. The average molecular weight is 281 g/mol. The maximum absolute atomic E-state index is 11.1. The average Bonchev–Trinajstić information content (AvgIpc) is 2.42. The predicted octanol–water partition coefficient (Wildman–Crippen LogP) is 1.12. The summed E-state index contributed by atoms with van der Waals surface area (Å²) in [5.41, 5.74) is 5.13. The Morgan fingerprint density at radius 1 is 1.55 bits per heavy atom. The number of aromatic nitrogens is 1. The Morgan fingerprint density at radius 2 is 2.25 bits per heavy atom. The number of anilines is 2. The number of pyridine rings is 1. The molecule has 0 saturated carbocycles. The highest BCUT2D eigenvalue weighted by Gasteiger charge is 2.16. The maximum Gasteiger partial charge on any atom is 0.276 e. The van der Waals surface area contributed by atoms with Crippen LogP contribution in [0, 0.1) is 10.1 Å². The van der Waals surface area contributed by atoms with Crippen LogP contribution in [0.4, 0.5) is 17.3 Å². The minimum absolute atomic E-state index is 0.0165. The Bertz CT molecular complexity index is 492. The smallest absolute Gasteiger partial charge is 0.276 e. The molecular formula is C12H19N5O3. The van der Waals surface area contributed by atoms with Gasteiger partial charge in [0.15, 0.2) is 0 Å². The summed E-state index contributed by atoms with van der Waals surface area (Å²) in [4.78, 5) is 27.4. The quantitative estimate of drug-likeness (QED) is 0.545. The molecule has 0 aliphatic heterocycles. The second kappa shape index (κ2) is 7.27. The van der Waals surface area contributed by atoms with E-state index in [0.29, 0.717) is 18.2 Å². The van der Waals surface area contributed by atoms with Crippen molar-refractivity contribution in [1.82, 2.24) is 4.98 Å². The Labute approximate surface area is 117 Å². The third-order valence-corrected chi connectivity index (χ3v) is 2.72. The second-order valence-corrected chi connectivity index (χ2v) is 4.32. The second-order valence-electron chi connectivity index (χ2n) is 4.32. The van der Waals surface area contributed by atoms with Crippen LogP contribution in [-0.2, 0) is 4.79 Å². The van der Waals surface area contributed by atoms with Crippen molar-refractivity contribution in [3.8, 4) is 0 Å². The molecule has 0 fully saturated rings. The fraction of sp³-hybridized carbons (Fsp3) is 0.500. The number of nitro groups is 1. The fourth-order valence-electron chi connectivity index (χ4n) is 1.71. The molecule has 8 nitrogen and oxygen atoms in total. The van der Waals surface area contributed by atoms with E-state index in [1.54, 1.807) is 11.9 Å². The summed E-state index contributed by atoms with van der Waals surface area (Å²) in [6.45, 7) is 2.57. The molecule has 0 aromatic carbocycles. The van der Waals surface area contributed by atoms with Crippen molar-refractivity contribution >= 4 is 23.2 Å². The summed E-state index contributed by atoms with van der Waals surface area (Å²) in [5, 5.41) is 13.7. The Balaban J connectivity index is 3.12. The summed E-state index contributed by atoms with van der Waals surface area (Å²) in [6.07, 6.45) is 1.77. The highest BCUT2D eigenvalue weighted by atomic mass is 16.6. The van der Waals surface area contributed by atoms with Crippen LogP contribution in [0.2, 0.25) is 0 Å². The normalized spacial score (nSPS) is 10.1. The van der Waals surface area contributed by atoms with Crippen molar-refractivity contribution in [2.45, 2.75) is 19.8 Å². The van der Waals surface area contributed by atoms with Crippen molar-refractivity contribution in [3.63, 3.8) is 0 Å². The number of nitrogens with one attached hydrogen (secondary N) is 1. The lowest BCUT2D eigenvalue weighted by Crippen LogP contribution is -2.35. The van der Waals surface area contributed by atoms with Crippen molar-refractivity contribution in [2.75, 3.05) is 30.4 Å². The molecule has 0 radical (unpaired) electrons. The first-order valence-electron chi connectivity index (χ1n) is 6.35. The van der Waals surface area contributed by atoms with E-state index in [2.05, 4.69) is 10.3 Å². The van der Waals surface area contributed by atoms with Gasteiger partial charge >= 0.3 is 0 Å². The highest BCUT2D eigenvalue weighted by Crippen LogP contribution is 2.23. The van der Waals surface area contributed by atoms with Gasteiger partial charge in [-0.05, 0) is 6.42 Å². The van der Waals surface area contributed by atoms with E-state index >= 15 is 0 Å². The molecule has 8 heteroatoms. The minimum atomic E-state index is -0.500. The number of hydrogen-bond donors (Lipinski definition) is 2. The van der Waals surface area contributed by atoms with E-state index in [9.17, 15) is 14.9 Å². The monoisotopic (exact) mass is 281 g/mol. The third kappa shape index (κ3) is 4.38. The zero-order valence-electron chi connectivity index (χ0n) is 11.6. The largest absolute Gasteiger partial charge is 0.373 e. The molecule has 20 heavy (non-hydrogen) atoms. The number of primary amides is 1. The van der Waals surface area contributed by atoms with Gasteiger partial charge in [0.05, 0.1) is 23.6 Å². The summed E-state index contributed by atoms with van der Waals surface area (Å²) >= 11 is 0. The van der Waals surface area contributed by atoms with Gasteiger partial charge in [-0.3, -0.25) is 14.9 Å². The van der Waals surface area contributed by atoms with Crippen molar-refractivity contribution < 1.29 is 9.72 Å². The SMILES string of the molecule is CCCCN(CC(N)=O)c1cc([N+](=O)[O-])cc(NC)n1. The van der Waals surface area contributed by atoms with Gasteiger partial charge in [0.1, 0.15) is 11.6 Å². The van der Waals surface area contributed by atoms with Gasteiger partial charge in [0.2, 0.25) is 5.91 Å². The van der Waals surface area contributed by atoms with E-state index in [1.807, 2.05) is 6.92 Å². The van der Waals surface area contributed by atoms with E-state index in [1.165, 1.54) is 12.1 Å². The number of nitrogens with two attached hydrogens (primary N) is 1. The van der Waals surface area contributed by atoms with Gasteiger partial charge < -0.3 is 16.0 Å². The molecule has 0 saturated heterocycles. The lowest BCUT2D eigenvalue weighted by Gasteiger charge is -2.22. The summed E-state index contributed by atoms with van der Waals surface area (Å²) < 4.78 is 0. The van der Waals surface area contributed by atoms with Crippen LogP contribution in [0.25, 0.3) is 0 Å². The number of carbonyl (C=O) groups excluding carboxylic acids is 1. The van der Waals surface area contributed by atoms with Crippen molar-refractivity contribution in [2.24, 2.45) is 5.73 Å². The first-order chi connectivity index (χ1) is 9.47. The van der Waals surface area contributed by atoms with E-state index in [-0.39, 0.29) is 12.2 Å². The molecule has 1 amide bonds. The van der Waals surface area contributed by atoms with Crippen LogP contribution in [0.3, 0.4) is 0 Å². The van der Waals surface area contributed by atoms with Gasteiger partial charge in [-0.25, -0.2) is 4.98 Å². The Morgan fingerprint density at radius 3 is 2.75 bits per heavy atom. The standard InChI is InChI=1S/C12H19N5O3/c1-3-4-5-16(8-10(13)18)12-7-9(17(19)20)6-11(14-2)15-12/h6-7H,3-5,8H2,1-2H3,(H2,13,18)(H,14,15). The molecule has 0 aliphatic rings. The molecule has 1 rings (SSSR count). The number of unbranched alkanes of at least 4 members (excludes halogenated alkanes) is 1. The molecular weight excluding hydrogens is 262 g/mol. The molecule has 0 atom stereocenters. The summed E-state index contributed by atoms with van der Waals surface area (Å²) in [7, 11) is 1.63. The molecule has 1 aromatic heterocycles. The van der Waals surface area contributed by atoms with Crippen molar-refractivity contribution in [1.29, 1.82) is 0 Å². The van der Waals surface area contributed by atoms with Gasteiger partial charge in [0.25, 0.3) is 5.69 Å². The Kier molecular flexibility index (Phi) is 5.70. The van der Waals surface area contributed by atoms with E-state index in [0.717, 1.165) is 12.8 Å². The van der Waals surface area contributed by atoms with Crippen LogP contribution in [-0.4, -0.2) is 36.0 Å². The lowest BCUT2D eigenvalue weighted by molar-refractivity contribution is -0.384. The number of amides is 1. The predicted molar refractivity (Wildman–Crippen MR) is 76.8 cm³/mol. The van der Waals surface area contributed by atoms with Crippen LogP contribution >= 0.6 is 0 Å². The molecule has 0 aliphatic carbocycles. The fourth-order valence-corrected chi connectivity index (χ4v) is 1.71. The molecule has 0 bridgehead atoms. The van der Waals surface area contributed by atoms with Crippen molar-refractivity contribution in [3.05, 3.63) is 22.2 Å². The maximum atomic E-state index is 11.1. The number of nitrogens with zero attached hydrogens (tertiary/aromatic N) is 3. The first-order valence-corrected chi connectivity index (χ1v) is 6.35. The van der Waals surface area contributed by atoms with Gasteiger partial charge in [-0.1, -0.05) is 13.3 Å². The Hall–Kier alpha value is -2.38. The van der Waals surface area contributed by atoms with Crippen LogP contribution in [0.5, 0.6) is 0 Å². The molecule has 0 spiro atoms. The first kappa shape index (κ1) is 15.7. The topological polar surface area (TPSA) is 114 Å². The van der Waals surface area contributed by atoms with Crippen LogP contribution in [0.15, 0.2) is 12.1 Å². The van der Waals surface area contributed by atoms with Gasteiger partial charge in [-0.15, -0.1) is 0 Å². The number of carbonyl (C=O) groups is 1. The highest BCUT2D eigenvalue weighted by molar-refractivity contribution is 5.79. The zero-order valence-corrected chi connectivity index (χ0v) is 11.6. The molecule has 1 heterocycles. The number of hydrogen-bond acceptors (Lipinski definition) is 6. The summed E-state index contributed by atoms with van der Waals surface area (Å²) in [6, 6.07) is 2.69. The zero-order chi connectivity index (χ0) is 15.1. The third-order valence-electron chi connectivity index (χ3n) is 2.72. The van der Waals surface area contributed by atoms with E-state index in [4.69, 9.17) is 5.73 Å². The van der Waals surface area contributed by atoms with Crippen LogP contribution < -0.4 is 16.0 Å².